The van der Waals surface area contributed by atoms with Crippen molar-refractivity contribution in [3.8, 4) is 0 Å². The first-order valence-corrected chi connectivity index (χ1v) is 9.24. The first kappa shape index (κ1) is 20.9. The topological polar surface area (TPSA) is 49.4 Å². The molecule has 2 aromatic rings. The van der Waals surface area contributed by atoms with E-state index in [9.17, 15) is 14.0 Å². The van der Waals surface area contributed by atoms with Crippen molar-refractivity contribution in [2.24, 2.45) is 0 Å². The standard InChI is InChI=1S/C21H24ClFN2O2/c1-14(2)24-21(27)15(3)25(13-16-8-5-4-6-9-16)20(26)12-17-18(22)10-7-11-19(17)23/h4-11,14-15H,12-13H2,1-3H3,(H,24,27)/t15-/m1/s1. The number of carbonyl (C=O) groups is 2. The molecule has 1 atom stereocenters. The Labute approximate surface area is 164 Å². The van der Waals surface area contributed by atoms with Gasteiger partial charge in [-0.05, 0) is 38.5 Å². The van der Waals surface area contributed by atoms with Gasteiger partial charge in [-0.25, -0.2) is 4.39 Å². The zero-order valence-electron chi connectivity index (χ0n) is 15.7. The summed E-state index contributed by atoms with van der Waals surface area (Å²) in [6.07, 6.45) is -0.211. The van der Waals surface area contributed by atoms with Crippen molar-refractivity contribution in [1.82, 2.24) is 10.2 Å². The fraction of sp³-hybridized carbons (Fsp3) is 0.333. The molecule has 0 saturated heterocycles. The molecule has 0 heterocycles. The fourth-order valence-corrected chi connectivity index (χ4v) is 2.95. The number of carbonyl (C=O) groups excluding carboxylic acids is 2. The van der Waals surface area contributed by atoms with E-state index in [4.69, 9.17) is 11.6 Å². The molecule has 0 radical (unpaired) electrons. The number of hydrogen-bond donors (Lipinski definition) is 1. The number of hydrogen-bond acceptors (Lipinski definition) is 2. The molecule has 0 spiro atoms. The Hall–Kier alpha value is -2.40. The van der Waals surface area contributed by atoms with Crippen LogP contribution in [0.4, 0.5) is 4.39 Å². The maximum atomic E-state index is 14.1. The minimum absolute atomic E-state index is 0.0466. The van der Waals surface area contributed by atoms with E-state index >= 15 is 0 Å². The lowest BCUT2D eigenvalue weighted by Crippen LogP contribution is -2.49. The Balaban J connectivity index is 2.27. The van der Waals surface area contributed by atoms with Gasteiger partial charge in [-0.1, -0.05) is 48.0 Å². The van der Waals surface area contributed by atoms with Gasteiger partial charge in [0.25, 0.3) is 0 Å². The van der Waals surface area contributed by atoms with Crippen molar-refractivity contribution in [1.29, 1.82) is 0 Å². The lowest BCUT2D eigenvalue weighted by Gasteiger charge is -2.29. The largest absolute Gasteiger partial charge is 0.352 e. The van der Waals surface area contributed by atoms with Crippen LogP contribution in [0.2, 0.25) is 5.02 Å². The second-order valence-electron chi connectivity index (χ2n) is 6.72. The van der Waals surface area contributed by atoms with E-state index in [1.54, 1.807) is 13.0 Å². The zero-order valence-corrected chi connectivity index (χ0v) is 16.5. The Bertz CT molecular complexity index is 776. The van der Waals surface area contributed by atoms with Crippen LogP contribution in [0.1, 0.15) is 31.9 Å². The molecule has 1 N–H and O–H groups in total. The van der Waals surface area contributed by atoms with Crippen LogP contribution in [0.15, 0.2) is 48.5 Å². The number of nitrogens with zero attached hydrogens (tertiary/aromatic N) is 1. The second kappa shape index (κ2) is 9.51. The van der Waals surface area contributed by atoms with Crippen LogP contribution in [-0.4, -0.2) is 28.8 Å². The third kappa shape index (κ3) is 5.79. The molecule has 0 saturated carbocycles. The molecule has 0 aliphatic rings. The van der Waals surface area contributed by atoms with E-state index in [1.807, 2.05) is 44.2 Å². The first-order chi connectivity index (χ1) is 12.8. The average molecular weight is 391 g/mol. The molecule has 144 valence electrons. The highest BCUT2D eigenvalue weighted by molar-refractivity contribution is 6.31. The molecule has 0 unspecified atom stereocenters. The van der Waals surface area contributed by atoms with Crippen LogP contribution >= 0.6 is 11.6 Å². The summed E-state index contributed by atoms with van der Waals surface area (Å²) in [6, 6.07) is 12.9. The third-order valence-electron chi connectivity index (χ3n) is 4.18. The molecular formula is C21H24ClFN2O2. The molecule has 0 aromatic heterocycles. The van der Waals surface area contributed by atoms with Crippen LogP contribution in [0, 0.1) is 5.82 Å². The van der Waals surface area contributed by atoms with Crippen LogP contribution in [0.5, 0.6) is 0 Å². The number of rotatable bonds is 7. The van der Waals surface area contributed by atoms with Crippen molar-refractivity contribution in [3.05, 3.63) is 70.5 Å². The SMILES string of the molecule is CC(C)NC(=O)[C@@H](C)N(Cc1ccccc1)C(=O)Cc1c(F)cccc1Cl. The Morgan fingerprint density at radius 1 is 1.07 bits per heavy atom. The highest BCUT2D eigenvalue weighted by Gasteiger charge is 2.27. The summed E-state index contributed by atoms with van der Waals surface area (Å²) in [5.74, 6) is -1.15. The van der Waals surface area contributed by atoms with Gasteiger partial charge in [-0.3, -0.25) is 9.59 Å². The van der Waals surface area contributed by atoms with E-state index in [2.05, 4.69) is 5.32 Å². The Kier molecular flexibility index (Phi) is 7.36. The molecular weight excluding hydrogens is 367 g/mol. The number of amides is 2. The summed E-state index contributed by atoms with van der Waals surface area (Å²) in [4.78, 5) is 26.9. The van der Waals surface area contributed by atoms with Crippen molar-refractivity contribution in [3.63, 3.8) is 0 Å². The summed E-state index contributed by atoms with van der Waals surface area (Å²) in [7, 11) is 0. The van der Waals surface area contributed by atoms with Crippen LogP contribution in [-0.2, 0) is 22.6 Å². The Morgan fingerprint density at radius 3 is 2.33 bits per heavy atom. The molecule has 4 nitrogen and oxygen atoms in total. The van der Waals surface area contributed by atoms with Crippen molar-refractivity contribution in [2.45, 2.75) is 45.8 Å². The van der Waals surface area contributed by atoms with Gasteiger partial charge < -0.3 is 10.2 Å². The number of halogens is 2. The monoisotopic (exact) mass is 390 g/mol. The first-order valence-electron chi connectivity index (χ1n) is 8.86. The maximum absolute atomic E-state index is 14.1. The van der Waals surface area contributed by atoms with E-state index in [0.717, 1.165) is 5.56 Å². The van der Waals surface area contributed by atoms with Gasteiger partial charge in [0, 0.05) is 23.2 Å². The summed E-state index contributed by atoms with van der Waals surface area (Å²) in [5, 5.41) is 3.01. The van der Waals surface area contributed by atoms with Crippen LogP contribution in [0.3, 0.4) is 0 Å². The number of benzene rings is 2. The van der Waals surface area contributed by atoms with E-state index in [0.29, 0.717) is 0 Å². The zero-order chi connectivity index (χ0) is 20.0. The van der Waals surface area contributed by atoms with Gasteiger partial charge in [0.2, 0.25) is 11.8 Å². The van der Waals surface area contributed by atoms with Gasteiger partial charge in [-0.15, -0.1) is 0 Å². The lowest BCUT2D eigenvalue weighted by atomic mass is 10.1. The predicted molar refractivity (Wildman–Crippen MR) is 105 cm³/mol. The normalized spacial score (nSPS) is 11.9. The van der Waals surface area contributed by atoms with Crippen LogP contribution < -0.4 is 5.32 Å². The minimum atomic E-state index is -0.703. The van der Waals surface area contributed by atoms with Gasteiger partial charge in [0.15, 0.2) is 0 Å². The molecule has 0 bridgehead atoms. The molecule has 2 rings (SSSR count). The van der Waals surface area contributed by atoms with E-state index in [-0.39, 0.29) is 41.4 Å². The summed E-state index contributed by atoms with van der Waals surface area (Å²) in [6.45, 7) is 5.63. The lowest BCUT2D eigenvalue weighted by molar-refractivity contribution is -0.140. The highest BCUT2D eigenvalue weighted by atomic mass is 35.5. The summed E-state index contributed by atoms with van der Waals surface area (Å²) < 4.78 is 14.1. The van der Waals surface area contributed by atoms with Gasteiger partial charge in [-0.2, -0.15) is 0 Å². The Morgan fingerprint density at radius 2 is 1.74 bits per heavy atom. The molecule has 6 heteroatoms. The summed E-state index contributed by atoms with van der Waals surface area (Å²) >= 11 is 6.06. The van der Waals surface area contributed by atoms with Gasteiger partial charge in [0.1, 0.15) is 11.9 Å². The van der Waals surface area contributed by atoms with Gasteiger partial charge >= 0.3 is 0 Å². The van der Waals surface area contributed by atoms with Gasteiger partial charge in [0.05, 0.1) is 6.42 Å². The summed E-state index contributed by atoms with van der Waals surface area (Å²) in [5.41, 5.74) is 1.02. The van der Waals surface area contributed by atoms with E-state index in [1.165, 1.54) is 17.0 Å². The highest BCUT2D eigenvalue weighted by Crippen LogP contribution is 2.21. The van der Waals surface area contributed by atoms with Crippen molar-refractivity contribution >= 4 is 23.4 Å². The fourth-order valence-electron chi connectivity index (χ4n) is 2.72. The van der Waals surface area contributed by atoms with Crippen molar-refractivity contribution in [2.75, 3.05) is 0 Å². The average Bonchev–Trinajstić information content (AvgIpc) is 2.62. The quantitative estimate of drug-likeness (QED) is 0.777. The number of nitrogens with one attached hydrogen (secondary N) is 1. The van der Waals surface area contributed by atoms with Crippen molar-refractivity contribution < 1.29 is 14.0 Å². The molecule has 2 amide bonds. The van der Waals surface area contributed by atoms with Crippen LogP contribution in [0.25, 0.3) is 0 Å². The molecule has 0 aliphatic carbocycles. The molecule has 27 heavy (non-hydrogen) atoms. The predicted octanol–water partition coefficient (Wildman–Crippen LogP) is 3.96. The second-order valence-corrected chi connectivity index (χ2v) is 7.13. The molecule has 0 aliphatic heterocycles. The third-order valence-corrected chi connectivity index (χ3v) is 4.54. The maximum Gasteiger partial charge on any atom is 0.242 e. The smallest absolute Gasteiger partial charge is 0.242 e. The van der Waals surface area contributed by atoms with E-state index < -0.39 is 11.9 Å². The molecule has 2 aromatic carbocycles. The minimum Gasteiger partial charge on any atom is -0.352 e. The molecule has 0 fully saturated rings.